The number of ether oxygens (including phenoxy) is 2. The minimum Gasteiger partial charge on any atom is -0.493 e. The Bertz CT molecular complexity index is 551. The van der Waals surface area contributed by atoms with Crippen molar-refractivity contribution in [1.82, 2.24) is 0 Å². The lowest BCUT2D eigenvalue weighted by Crippen LogP contribution is -2.00. The molecule has 0 spiro atoms. The fourth-order valence-electron chi connectivity index (χ4n) is 3.41. The predicted octanol–water partition coefficient (Wildman–Crippen LogP) is 7.92. The molecule has 0 amide bonds. The van der Waals surface area contributed by atoms with Crippen LogP contribution >= 0.6 is 0 Å². The Morgan fingerprint density at radius 2 is 1.34 bits per heavy atom. The topological polar surface area (TPSA) is 35.5 Å². The van der Waals surface area contributed by atoms with Crippen LogP contribution in [-0.4, -0.2) is 20.0 Å². The van der Waals surface area contributed by atoms with Gasteiger partial charge in [0.15, 0.2) is 11.5 Å². The first kappa shape index (κ1) is 25.3. The molecular formula is C26H42O3. The van der Waals surface area contributed by atoms with Crippen LogP contribution < -0.4 is 9.47 Å². The Morgan fingerprint density at radius 3 is 1.93 bits per heavy atom. The van der Waals surface area contributed by atoms with Crippen molar-refractivity contribution < 1.29 is 14.3 Å². The van der Waals surface area contributed by atoms with E-state index in [0.717, 1.165) is 12.7 Å². The van der Waals surface area contributed by atoms with Crippen LogP contribution in [0.2, 0.25) is 0 Å². The van der Waals surface area contributed by atoms with Crippen molar-refractivity contribution in [3.8, 4) is 11.5 Å². The predicted molar refractivity (Wildman–Crippen MR) is 123 cm³/mol. The highest BCUT2D eigenvalue weighted by atomic mass is 16.5. The van der Waals surface area contributed by atoms with Crippen LogP contribution in [0.15, 0.2) is 30.4 Å². The second-order valence-corrected chi connectivity index (χ2v) is 7.81. The summed E-state index contributed by atoms with van der Waals surface area (Å²) in [7, 11) is 1.60. The van der Waals surface area contributed by atoms with Crippen LogP contribution in [-0.2, 0) is 0 Å². The van der Waals surface area contributed by atoms with Crippen LogP contribution in [0.25, 0.3) is 0 Å². The molecule has 1 aromatic carbocycles. The maximum Gasteiger partial charge on any atom is 0.161 e. The first-order valence-corrected chi connectivity index (χ1v) is 11.7. The zero-order chi connectivity index (χ0) is 21.0. The average molecular weight is 403 g/mol. The summed E-state index contributed by atoms with van der Waals surface area (Å²) in [5, 5.41) is 0. The van der Waals surface area contributed by atoms with Gasteiger partial charge < -0.3 is 9.47 Å². The normalized spacial score (nSPS) is 11.1. The van der Waals surface area contributed by atoms with Crippen LogP contribution in [0.5, 0.6) is 11.5 Å². The van der Waals surface area contributed by atoms with Crippen molar-refractivity contribution >= 4 is 6.29 Å². The summed E-state index contributed by atoms with van der Waals surface area (Å²) in [5.41, 5.74) is 0.603. The lowest BCUT2D eigenvalue weighted by Gasteiger charge is -2.11. The van der Waals surface area contributed by atoms with Crippen molar-refractivity contribution in [2.24, 2.45) is 0 Å². The van der Waals surface area contributed by atoms with E-state index in [4.69, 9.17) is 9.47 Å². The summed E-state index contributed by atoms with van der Waals surface area (Å²) in [6.45, 7) is 2.96. The number of allylic oxidation sites excluding steroid dienone is 2. The second-order valence-electron chi connectivity index (χ2n) is 7.81. The van der Waals surface area contributed by atoms with Crippen molar-refractivity contribution in [2.45, 2.75) is 96.8 Å². The van der Waals surface area contributed by atoms with Gasteiger partial charge in [0.05, 0.1) is 13.7 Å². The van der Waals surface area contributed by atoms with E-state index in [0.29, 0.717) is 23.7 Å². The van der Waals surface area contributed by atoms with Gasteiger partial charge in [-0.1, -0.05) is 76.9 Å². The van der Waals surface area contributed by atoms with Gasteiger partial charge in [-0.15, -0.1) is 0 Å². The molecule has 3 nitrogen and oxygen atoms in total. The van der Waals surface area contributed by atoms with E-state index in [-0.39, 0.29) is 0 Å². The molecule has 0 saturated carbocycles. The zero-order valence-electron chi connectivity index (χ0n) is 18.8. The van der Waals surface area contributed by atoms with E-state index >= 15 is 0 Å². The molecule has 0 fully saturated rings. The summed E-state index contributed by atoms with van der Waals surface area (Å²) in [6.07, 6.45) is 23.8. The summed E-state index contributed by atoms with van der Waals surface area (Å²) in [6, 6.07) is 5.28. The first-order chi connectivity index (χ1) is 14.3. The van der Waals surface area contributed by atoms with Gasteiger partial charge in [-0.2, -0.15) is 0 Å². The Kier molecular flexibility index (Phi) is 15.9. The number of rotatable bonds is 19. The molecule has 0 aliphatic heterocycles. The number of methoxy groups -OCH3 is 1. The third-order valence-corrected chi connectivity index (χ3v) is 5.24. The van der Waals surface area contributed by atoms with Gasteiger partial charge in [-0.05, 0) is 50.3 Å². The Balaban J connectivity index is 1.91. The van der Waals surface area contributed by atoms with E-state index in [1.54, 1.807) is 19.2 Å². The molecule has 0 unspecified atom stereocenters. The largest absolute Gasteiger partial charge is 0.493 e. The Labute approximate surface area is 178 Å². The molecule has 0 aliphatic rings. The minimum atomic E-state index is 0.603. The highest BCUT2D eigenvalue weighted by molar-refractivity contribution is 5.76. The van der Waals surface area contributed by atoms with Gasteiger partial charge in [0, 0.05) is 5.56 Å². The Morgan fingerprint density at radius 1 is 0.759 bits per heavy atom. The summed E-state index contributed by atoms with van der Waals surface area (Å²) >= 11 is 0. The molecule has 164 valence electrons. The molecule has 0 atom stereocenters. The third-order valence-electron chi connectivity index (χ3n) is 5.24. The van der Waals surface area contributed by atoms with E-state index in [2.05, 4.69) is 19.1 Å². The summed E-state index contributed by atoms with van der Waals surface area (Å²) < 4.78 is 11.1. The summed E-state index contributed by atoms with van der Waals surface area (Å²) in [5.74, 6) is 1.34. The first-order valence-electron chi connectivity index (χ1n) is 11.7. The highest BCUT2D eigenvalue weighted by Gasteiger charge is 2.05. The van der Waals surface area contributed by atoms with Gasteiger partial charge in [-0.3, -0.25) is 4.79 Å². The number of carbonyl (C=O) groups is 1. The molecule has 0 radical (unpaired) electrons. The van der Waals surface area contributed by atoms with Crippen LogP contribution in [0.4, 0.5) is 0 Å². The van der Waals surface area contributed by atoms with Gasteiger partial charge in [-0.25, -0.2) is 0 Å². The molecule has 0 heterocycles. The monoisotopic (exact) mass is 402 g/mol. The molecule has 0 saturated heterocycles. The Hall–Kier alpha value is -1.77. The molecule has 3 heteroatoms. The van der Waals surface area contributed by atoms with E-state index in [1.165, 1.54) is 83.5 Å². The standard InChI is InChI=1S/C26H42O3/c1-3-4-5-6-7-8-9-10-11-12-13-14-15-16-17-18-21-29-25-20-19-24(23-27)22-26(25)28-2/h10-11,19-20,22-23H,3-9,12-18,21H2,1-2H3/b11-10-. The molecule has 1 aromatic rings. The van der Waals surface area contributed by atoms with Gasteiger partial charge in [0.1, 0.15) is 6.29 Å². The SMILES string of the molecule is CCCCCCCC/C=C\CCCCCCCCOc1ccc(C=O)cc1OC. The van der Waals surface area contributed by atoms with Gasteiger partial charge in [0.2, 0.25) is 0 Å². The highest BCUT2D eigenvalue weighted by Crippen LogP contribution is 2.27. The minimum absolute atomic E-state index is 0.603. The molecule has 0 bridgehead atoms. The molecule has 1 rings (SSSR count). The number of hydrogen-bond acceptors (Lipinski definition) is 3. The maximum atomic E-state index is 10.8. The molecule has 0 N–H and O–H groups in total. The average Bonchev–Trinajstić information content (AvgIpc) is 2.75. The number of carbonyl (C=O) groups excluding carboxylic acids is 1. The second kappa shape index (κ2) is 18.3. The van der Waals surface area contributed by atoms with Crippen LogP contribution in [0.1, 0.15) is 107 Å². The fourth-order valence-corrected chi connectivity index (χ4v) is 3.41. The van der Waals surface area contributed by atoms with Gasteiger partial charge in [0.25, 0.3) is 0 Å². The number of aldehydes is 1. The quantitative estimate of drug-likeness (QED) is 0.134. The van der Waals surface area contributed by atoms with Crippen molar-refractivity contribution in [1.29, 1.82) is 0 Å². The molecule has 0 aliphatic carbocycles. The molecular weight excluding hydrogens is 360 g/mol. The number of unbranched alkanes of at least 4 members (excludes halogenated alkanes) is 12. The van der Waals surface area contributed by atoms with E-state index in [1.807, 2.05) is 6.07 Å². The van der Waals surface area contributed by atoms with Crippen LogP contribution in [0, 0.1) is 0 Å². The lowest BCUT2D eigenvalue weighted by molar-refractivity contribution is 0.112. The molecule has 0 aromatic heterocycles. The third kappa shape index (κ3) is 13.1. The molecule has 29 heavy (non-hydrogen) atoms. The van der Waals surface area contributed by atoms with Gasteiger partial charge >= 0.3 is 0 Å². The summed E-state index contributed by atoms with van der Waals surface area (Å²) in [4.78, 5) is 10.8. The van der Waals surface area contributed by atoms with E-state index in [9.17, 15) is 4.79 Å². The lowest BCUT2D eigenvalue weighted by atomic mass is 10.1. The van der Waals surface area contributed by atoms with E-state index < -0.39 is 0 Å². The van der Waals surface area contributed by atoms with Crippen molar-refractivity contribution in [3.05, 3.63) is 35.9 Å². The number of benzene rings is 1. The smallest absolute Gasteiger partial charge is 0.161 e. The van der Waals surface area contributed by atoms with Crippen molar-refractivity contribution in [3.63, 3.8) is 0 Å². The van der Waals surface area contributed by atoms with Crippen LogP contribution in [0.3, 0.4) is 0 Å². The van der Waals surface area contributed by atoms with Crippen molar-refractivity contribution in [2.75, 3.05) is 13.7 Å². The zero-order valence-corrected chi connectivity index (χ0v) is 18.8. The fraction of sp³-hybridized carbons (Fsp3) is 0.654. The maximum absolute atomic E-state index is 10.8. The number of hydrogen-bond donors (Lipinski definition) is 0.